The smallest absolute Gasteiger partial charge is 0.311 e. The molecule has 0 amide bonds. The van der Waals surface area contributed by atoms with Crippen LogP contribution in [0, 0.1) is 22.7 Å². The van der Waals surface area contributed by atoms with Crippen LogP contribution >= 0.6 is 0 Å². The Kier molecular flexibility index (Phi) is 9.09. The summed E-state index contributed by atoms with van der Waals surface area (Å²) >= 11 is 0. The molecule has 7 nitrogen and oxygen atoms in total. The average Bonchev–Trinajstić information content (AvgIpc) is 3.21. The van der Waals surface area contributed by atoms with Gasteiger partial charge in [-0.05, 0) is 102 Å². The zero-order valence-corrected chi connectivity index (χ0v) is 26.9. The van der Waals surface area contributed by atoms with Gasteiger partial charge >= 0.3 is 5.97 Å². The summed E-state index contributed by atoms with van der Waals surface area (Å²) < 4.78 is 44.2. The van der Waals surface area contributed by atoms with Crippen molar-refractivity contribution in [1.29, 1.82) is 0 Å². The number of fused-ring (bicyclic) bond motifs is 2. The second kappa shape index (κ2) is 10.8. The summed E-state index contributed by atoms with van der Waals surface area (Å²) in [4.78, 5) is 15.2. The lowest BCUT2D eigenvalue weighted by molar-refractivity contribution is -0.174. The molecule has 6 atom stereocenters. The van der Waals surface area contributed by atoms with Crippen molar-refractivity contribution < 1.29 is 26.6 Å². The van der Waals surface area contributed by atoms with Crippen LogP contribution in [0.3, 0.4) is 0 Å². The number of ether oxygens (including phenoxy) is 1. The van der Waals surface area contributed by atoms with Crippen LogP contribution in [0.15, 0.2) is 0 Å². The third kappa shape index (κ3) is 6.64. The van der Waals surface area contributed by atoms with E-state index in [-0.39, 0.29) is 40.4 Å². The monoisotopic (exact) mass is 559 g/mol. The van der Waals surface area contributed by atoms with Crippen LogP contribution in [0.4, 0.5) is 0 Å². The molecule has 0 unspecified atom stereocenters. The first-order chi connectivity index (χ1) is 16.8. The van der Waals surface area contributed by atoms with E-state index in [0.717, 1.165) is 38.8 Å². The fourth-order valence-electron chi connectivity index (χ4n) is 6.88. The number of esters is 1. The van der Waals surface area contributed by atoms with Gasteiger partial charge in [0.2, 0.25) is 0 Å². The standard InChI is InChI=1S/C28H53NO6SSi/c1-20-19-23(34-36(8,31)32)28(15-12-17-29-16-11-13-22(28)29)21(14-18-33-25(30)26(2,3)4)24(20)35-37(9,10)27(5,6)7/h20-24H,11-19H2,1-10H3/t20-,21+,22+,23+,24-,28-/m0/s1. The molecule has 1 spiro atoms. The molecule has 0 N–H and O–H groups in total. The average molecular weight is 560 g/mol. The second-order valence-corrected chi connectivity index (χ2v) is 20.9. The molecule has 0 bridgehead atoms. The fraction of sp³-hybridized carbons (Fsp3) is 0.964. The molecule has 0 aromatic carbocycles. The van der Waals surface area contributed by atoms with Crippen LogP contribution in [0.1, 0.15) is 87.0 Å². The van der Waals surface area contributed by atoms with Crippen molar-refractivity contribution in [3.05, 3.63) is 0 Å². The molecule has 3 rings (SSSR count). The van der Waals surface area contributed by atoms with Crippen LogP contribution < -0.4 is 0 Å². The van der Waals surface area contributed by atoms with Gasteiger partial charge in [0.1, 0.15) is 0 Å². The fourth-order valence-corrected chi connectivity index (χ4v) is 8.99. The minimum Gasteiger partial charge on any atom is -0.465 e. The molecule has 3 aliphatic rings. The van der Waals surface area contributed by atoms with Crippen LogP contribution in [-0.4, -0.2) is 71.8 Å². The SMILES string of the molecule is C[C@H]1C[C@@H](OS(C)(=O)=O)[C@@]2(CCCN3CCC[C@@H]32)[C@H](CCOC(=O)C(C)(C)C)[C@H]1O[Si](C)(C)C(C)(C)C. The molecule has 1 saturated carbocycles. The lowest BCUT2D eigenvalue weighted by Gasteiger charge is -2.61. The maximum absolute atomic E-state index is 12.7. The highest BCUT2D eigenvalue weighted by Gasteiger charge is 2.62. The Balaban J connectivity index is 2.07. The summed E-state index contributed by atoms with van der Waals surface area (Å²) in [6, 6.07) is 0.259. The van der Waals surface area contributed by atoms with Gasteiger partial charge in [-0.2, -0.15) is 8.42 Å². The van der Waals surface area contributed by atoms with E-state index in [1.165, 1.54) is 6.26 Å². The van der Waals surface area contributed by atoms with E-state index in [0.29, 0.717) is 19.4 Å². The summed E-state index contributed by atoms with van der Waals surface area (Å²) in [5.41, 5.74) is -0.922. The molecule has 2 heterocycles. The van der Waals surface area contributed by atoms with Crippen LogP contribution in [0.25, 0.3) is 0 Å². The van der Waals surface area contributed by atoms with E-state index in [4.69, 9.17) is 13.3 Å². The first-order valence-electron chi connectivity index (χ1n) is 14.3. The Morgan fingerprint density at radius 3 is 2.27 bits per heavy atom. The minimum absolute atomic E-state index is 0.0332. The largest absolute Gasteiger partial charge is 0.465 e. The number of rotatable bonds is 7. The van der Waals surface area contributed by atoms with Crippen molar-refractivity contribution in [3.8, 4) is 0 Å². The highest BCUT2D eigenvalue weighted by molar-refractivity contribution is 7.86. The van der Waals surface area contributed by atoms with Crippen molar-refractivity contribution in [3.63, 3.8) is 0 Å². The quantitative estimate of drug-likeness (QED) is 0.228. The molecule has 216 valence electrons. The van der Waals surface area contributed by atoms with E-state index in [1.54, 1.807) is 0 Å². The highest BCUT2D eigenvalue weighted by atomic mass is 32.2. The molecule has 3 fully saturated rings. The molecule has 0 aromatic rings. The maximum Gasteiger partial charge on any atom is 0.311 e. The lowest BCUT2D eigenvalue weighted by atomic mass is 9.53. The van der Waals surface area contributed by atoms with Gasteiger partial charge in [-0.1, -0.05) is 27.7 Å². The molecule has 1 aliphatic carbocycles. The van der Waals surface area contributed by atoms with Gasteiger partial charge in [-0.25, -0.2) is 0 Å². The van der Waals surface area contributed by atoms with E-state index in [9.17, 15) is 13.2 Å². The van der Waals surface area contributed by atoms with Crippen molar-refractivity contribution >= 4 is 24.4 Å². The summed E-state index contributed by atoms with van der Waals surface area (Å²) in [7, 11) is -5.77. The lowest BCUT2D eigenvalue weighted by Crippen LogP contribution is -2.66. The predicted molar refractivity (Wildman–Crippen MR) is 150 cm³/mol. The summed E-state index contributed by atoms with van der Waals surface area (Å²) in [5.74, 6) is -0.0373. The number of carbonyl (C=O) groups is 1. The summed E-state index contributed by atoms with van der Waals surface area (Å²) in [6.45, 7) is 21.6. The molecular weight excluding hydrogens is 506 g/mol. The molecule has 0 aromatic heterocycles. The van der Waals surface area contributed by atoms with Crippen LogP contribution in [0.5, 0.6) is 0 Å². The number of carbonyl (C=O) groups excluding carboxylic acids is 1. The molecule has 9 heteroatoms. The zero-order chi connectivity index (χ0) is 28.0. The Hall–Kier alpha value is -0.483. The van der Waals surface area contributed by atoms with Gasteiger partial charge in [-0.3, -0.25) is 13.9 Å². The van der Waals surface area contributed by atoms with Crippen molar-refractivity contribution in [2.24, 2.45) is 22.7 Å². The Bertz CT molecular complexity index is 924. The predicted octanol–water partition coefficient (Wildman–Crippen LogP) is 5.60. The summed E-state index contributed by atoms with van der Waals surface area (Å²) in [5, 5.41) is 0.0508. The normalized spacial score (nSPS) is 33.9. The first-order valence-corrected chi connectivity index (χ1v) is 19.0. The number of piperidine rings is 1. The first kappa shape index (κ1) is 31.0. The molecule has 37 heavy (non-hydrogen) atoms. The van der Waals surface area contributed by atoms with E-state index >= 15 is 0 Å². The topological polar surface area (TPSA) is 82.1 Å². The third-order valence-corrected chi connectivity index (χ3v) is 14.7. The van der Waals surface area contributed by atoms with Gasteiger partial charge in [0, 0.05) is 11.5 Å². The Morgan fingerprint density at radius 1 is 1.08 bits per heavy atom. The molecular formula is C28H53NO6SSi. The number of hydrogen-bond donors (Lipinski definition) is 0. The van der Waals surface area contributed by atoms with Gasteiger partial charge in [0.05, 0.1) is 30.5 Å². The summed E-state index contributed by atoms with van der Waals surface area (Å²) in [6.07, 6.45) is 6.15. The number of hydrogen-bond acceptors (Lipinski definition) is 7. The van der Waals surface area contributed by atoms with E-state index in [1.807, 2.05) is 20.8 Å². The van der Waals surface area contributed by atoms with Gasteiger partial charge < -0.3 is 9.16 Å². The molecule has 2 saturated heterocycles. The molecule has 2 aliphatic heterocycles. The number of nitrogens with zero attached hydrogens (tertiary/aromatic N) is 1. The third-order valence-electron chi connectivity index (χ3n) is 9.67. The molecule has 0 radical (unpaired) electrons. The van der Waals surface area contributed by atoms with Crippen molar-refractivity contribution in [2.75, 3.05) is 26.0 Å². The minimum atomic E-state index is -3.64. The Labute approximate surface area is 227 Å². The van der Waals surface area contributed by atoms with E-state index < -0.39 is 30.0 Å². The zero-order valence-electron chi connectivity index (χ0n) is 25.1. The maximum atomic E-state index is 12.7. The van der Waals surface area contributed by atoms with Gasteiger partial charge in [0.15, 0.2) is 8.32 Å². The van der Waals surface area contributed by atoms with Gasteiger partial charge in [0.25, 0.3) is 10.1 Å². The Morgan fingerprint density at radius 2 is 1.70 bits per heavy atom. The van der Waals surface area contributed by atoms with Gasteiger partial charge in [-0.15, -0.1) is 0 Å². The van der Waals surface area contributed by atoms with Crippen LogP contribution in [-0.2, 0) is 28.3 Å². The van der Waals surface area contributed by atoms with Crippen LogP contribution in [0.2, 0.25) is 18.1 Å². The van der Waals surface area contributed by atoms with E-state index in [2.05, 4.69) is 45.7 Å². The van der Waals surface area contributed by atoms with Crippen molar-refractivity contribution in [2.45, 2.75) is 123 Å². The highest BCUT2D eigenvalue weighted by Crippen LogP contribution is 2.58. The van der Waals surface area contributed by atoms with Crippen molar-refractivity contribution in [1.82, 2.24) is 4.90 Å². The second-order valence-electron chi connectivity index (χ2n) is 14.5.